The van der Waals surface area contributed by atoms with Crippen LogP contribution >= 0.6 is 11.6 Å². The number of carbonyl (C=O) groups is 1. The van der Waals surface area contributed by atoms with Crippen molar-refractivity contribution >= 4 is 17.5 Å². The summed E-state index contributed by atoms with van der Waals surface area (Å²) in [4.78, 5) is 13.4. The summed E-state index contributed by atoms with van der Waals surface area (Å²) < 4.78 is 0. The van der Waals surface area contributed by atoms with Crippen LogP contribution in [0.1, 0.15) is 40.0 Å². The predicted molar refractivity (Wildman–Crippen MR) is 64.1 cm³/mol. The molecule has 1 unspecified atom stereocenters. The number of hydrogen-bond acceptors (Lipinski definition) is 1. The Labute approximate surface area is 98.0 Å². The molecule has 1 atom stereocenters. The largest absolute Gasteiger partial charge is 0.342 e. The molecule has 1 saturated heterocycles. The summed E-state index contributed by atoms with van der Waals surface area (Å²) in [6.07, 6.45) is 3.46. The third-order valence-corrected chi connectivity index (χ3v) is 3.65. The summed E-state index contributed by atoms with van der Waals surface area (Å²) in [5.41, 5.74) is 0.361. The van der Waals surface area contributed by atoms with E-state index in [1.165, 1.54) is 6.42 Å². The number of halogens is 1. The number of rotatable bonds is 1. The first-order valence-corrected chi connectivity index (χ1v) is 6.32. The topological polar surface area (TPSA) is 20.3 Å². The molecule has 1 aliphatic heterocycles. The lowest BCUT2D eigenvalue weighted by molar-refractivity contribution is -0.128. The number of amides is 1. The van der Waals surface area contributed by atoms with Gasteiger partial charge in [-0.3, -0.25) is 4.79 Å². The molecule has 1 fully saturated rings. The lowest BCUT2D eigenvalue weighted by atomic mass is 9.77. The molecule has 3 heteroatoms. The van der Waals surface area contributed by atoms with E-state index < -0.39 is 0 Å². The molecule has 88 valence electrons. The van der Waals surface area contributed by atoms with E-state index in [1.54, 1.807) is 0 Å². The van der Waals surface area contributed by atoms with Crippen molar-refractivity contribution in [1.29, 1.82) is 0 Å². The Hall–Kier alpha value is -0.240. The van der Waals surface area contributed by atoms with Crippen molar-refractivity contribution in [3.8, 4) is 0 Å². The highest BCUT2D eigenvalue weighted by atomic mass is 35.5. The number of likely N-dealkylation sites (tertiary alicyclic amines) is 1. The van der Waals surface area contributed by atoms with Gasteiger partial charge >= 0.3 is 0 Å². The van der Waals surface area contributed by atoms with Gasteiger partial charge in [0.2, 0.25) is 5.91 Å². The van der Waals surface area contributed by atoms with Crippen LogP contribution in [0.2, 0.25) is 0 Å². The van der Waals surface area contributed by atoms with Crippen LogP contribution in [0.5, 0.6) is 0 Å². The second-order valence-corrected chi connectivity index (χ2v) is 5.78. The van der Waals surface area contributed by atoms with Gasteiger partial charge < -0.3 is 4.90 Å². The van der Waals surface area contributed by atoms with Crippen molar-refractivity contribution in [2.75, 3.05) is 19.0 Å². The molecule has 0 aromatic rings. The molecule has 0 bridgehead atoms. The van der Waals surface area contributed by atoms with Gasteiger partial charge in [-0.05, 0) is 30.6 Å². The normalized spacial score (nSPS) is 23.7. The summed E-state index contributed by atoms with van der Waals surface area (Å²) >= 11 is 5.57. The molecule has 1 rings (SSSR count). The van der Waals surface area contributed by atoms with E-state index in [9.17, 15) is 4.79 Å². The van der Waals surface area contributed by atoms with Crippen LogP contribution in [-0.2, 0) is 4.79 Å². The highest BCUT2D eigenvalue weighted by molar-refractivity contribution is 6.27. The maximum Gasteiger partial charge on any atom is 0.237 e. The van der Waals surface area contributed by atoms with E-state index in [2.05, 4.69) is 20.8 Å². The van der Waals surface area contributed by atoms with Crippen molar-refractivity contribution in [1.82, 2.24) is 4.90 Å². The molecule has 2 nitrogen and oxygen atoms in total. The minimum absolute atomic E-state index is 0.0891. The zero-order valence-electron chi connectivity index (χ0n) is 10.1. The predicted octanol–water partition coefficient (Wildman–Crippen LogP) is 2.90. The number of nitrogens with zero attached hydrogens (tertiary/aromatic N) is 1. The van der Waals surface area contributed by atoms with Gasteiger partial charge in [0.15, 0.2) is 0 Å². The van der Waals surface area contributed by atoms with Crippen LogP contribution < -0.4 is 0 Å². The zero-order valence-corrected chi connectivity index (χ0v) is 10.8. The maximum atomic E-state index is 11.5. The molecule has 1 amide bonds. The monoisotopic (exact) mass is 231 g/mol. The standard InChI is InChI=1S/C12H22ClNO/c1-12(2,3)10-5-4-7-14(8-6-10)11(15)9-13/h10H,4-9H2,1-3H3. The van der Waals surface area contributed by atoms with E-state index in [0.717, 1.165) is 31.8 Å². The minimum Gasteiger partial charge on any atom is -0.342 e. The Morgan fingerprint density at radius 1 is 1.33 bits per heavy atom. The van der Waals surface area contributed by atoms with Gasteiger partial charge in [-0.1, -0.05) is 20.8 Å². The Balaban J connectivity index is 2.52. The van der Waals surface area contributed by atoms with E-state index in [1.807, 2.05) is 4.90 Å². The third-order valence-electron chi connectivity index (χ3n) is 3.42. The van der Waals surface area contributed by atoms with E-state index in [4.69, 9.17) is 11.6 Å². The first-order valence-electron chi connectivity index (χ1n) is 5.79. The summed E-state index contributed by atoms with van der Waals surface area (Å²) in [5, 5.41) is 0. The molecule has 0 saturated carbocycles. The Kier molecular flexibility index (Phi) is 4.45. The van der Waals surface area contributed by atoms with Crippen LogP contribution in [0.4, 0.5) is 0 Å². The molecule has 0 N–H and O–H groups in total. The van der Waals surface area contributed by atoms with Crippen molar-refractivity contribution in [3.05, 3.63) is 0 Å². The Bertz CT molecular complexity index is 222. The number of alkyl halides is 1. The minimum atomic E-state index is 0.0891. The molecule has 0 aliphatic carbocycles. The fraction of sp³-hybridized carbons (Fsp3) is 0.917. The maximum absolute atomic E-state index is 11.5. The Morgan fingerprint density at radius 2 is 2.00 bits per heavy atom. The van der Waals surface area contributed by atoms with E-state index >= 15 is 0 Å². The molecule has 15 heavy (non-hydrogen) atoms. The first kappa shape index (κ1) is 12.8. The van der Waals surface area contributed by atoms with Crippen molar-refractivity contribution in [2.24, 2.45) is 11.3 Å². The van der Waals surface area contributed by atoms with Gasteiger partial charge in [0, 0.05) is 13.1 Å². The molecular weight excluding hydrogens is 210 g/mol. The summed E-state index contributed by atoms with van der Waals surface area (Å²) in [6.45, 7) is 8.63. The lowest BCUT2D eigenvalue weighted by Gasteiger charge is -2.29. The van der Waals surface area contributed by atoms with Crippen LogP contribution in [0.3, 0.4) is 0 Å². The molecular formula is C12H22ClNO. The number of carbonyl (C=O) groups excluding carboxylic acids is 1. The number of hydrogen-bond donors (Lipinski definition) is 0. The zero-order chi connectivity index (χ0) is 11.5. The van der Waals surface area contributed by atoms with Crippen LogP contribution in [0, 0.1) is 11.3 Å². The van der Waals surface area contributed by atoms with Gasteiger partial charge in [-0.2, -0.15) is 0 Å². The summed E-state index contributed by atoms with van der Waals surface area (Å²) in [6, 6.07) is 0. The van der Waals surface area contributed by atoms with Gasteiger partial charge in [-0.15, -0.1) is 11.6 Å². The van der Waals surface area contributed by atoms with Crippen molar-refractivity contribution in [2.45, 2.75) is 40.0 Å². The van der Waals surface area contributed by atoms with Crippen LogP contribution in [0.25, 0.3) is 0 Å². The van der Waals surface area contributed by atoms with Crippen LogP contribution in [-0.4, -0.2) is 29.8 Å². The second kappa shape index (κ2) is 5.20. The highest BCUT2D eigenvalue weighted by Crippen LogP contribution is 2.34. The average Bonchev–Trinajstić information content (AvgIpc) is 2.40. The summed E-state index contributed by atoms with van der Waals surface area (Å²) in [5.74, 6) is 0.942. The van der Waals surface area contributed by atoms with Gasteiger partial charge in [0.1, 0.15) is 5.88 Å². The summed E-state index contributed by atoms with van der Waals surface area (Å²) in [7, 11) is 0. The fourth-order valence-electron chi connectivity index (χ4n) is 2.30. The quantitative estimate of drug-likeness (QED) is 0.636. The average molecular weight is 232 g/mol. The van der Waals surface area contributed by atoms with Gasteiger partial charge in [-0.25, -0.2) is 0 Å². The highest BCUT2D eigenvalue weighted by Gasteiger charge is 2.27. The molecule has 0 aromatic carbocycles. The smallest absolute Gasteiger partial charge is 0.237 e. The third kappa shape index (κ3) is 3.67. The molecule has 1 heterocycles. The van der Waals surface area contributed by atoms with Gasteiger partial charge in [0.05, 0.1) is 0 Å². The molecule has 0 radical (unpaired) electrons. The fourth-order valence-corrected chi connectivity index (χ4v) is 2.47. The van der Waals surface area contributed by atoms with E-state index in [-0.39, 0.29) is 11.8 Å². The van der Waals surface area contributed by atoms with Gasteiger partial charge in [0.25, 0.3) is 0 Å². The molecule has 1 aliphatic rings. The SMILES string of the molecule is CC(C)(C)C1CCCN(C(=O)CCl)CC1. The molecule has 0 aromatic heterocycles. The van der Waals surface area contributed by atoms with Crippen molar-refractivity contribution in [3.63, 3.8) is 0 Å². The van der Waals surface area contributed by atoms with Crippen LogP contribution in [0.15, 0.2) is 0 Å². The molecule has 0 spiro atoms. The first-order chi connectivity index (χ1) is 6.95. The van der Waals surface area contributed by atoms with Crippen molar-refractivity contribution < 1.29 is 4.79 Å². The van der Waals surface area contributed by atoms with E-state index in [0.29, 0.717) is 5.41 Å². The lowest BCUT2D eigenvalue weighted by Crippen LogP contribution is -2.33. The Morgan fingerprint density at radius 3 is 2.53 bits per heavy atom. The second-order valence-electron chi connectivity index (χ2n) is 5.51.